The number of nitrogens with one attached hydrogen (secondary N) is 1. The van der Waals surface area contributed by atoms with Crippen LogP contribution in [0.25, 0.3) is 0 Å². The SMILES string of the molecule is O=C(O)[C@@H]1[C@@H](C(=O)Nc2ccc(Cl)cc2Cl)[C@@H]2C=C[C@@H]1O2. The van der Waals surface area contributed by atoms with Gasteiger partial charge in [-0.1, -0.05) is 35.4 Å². The van der Waals surface area contributed by atoms with Gasteiger partial charge in [0.2, 0.25) is 5.91 Å². The lowest BCUT2D eigenvalue weighted by molar-refractivity contribution is -0.145. The first-order valence-electron chi connectivity index (χ1n) is 6.30. The Morgan fingerprint density at radius 3 is 2.43 bits per heavy atom. The number of amides is 1. The molecule has 3 rings (SSSR count). The fraction of sp³-hybridized carbons (Fsp3) is 0.286. The molecule has 21 heavy (non-hydrogen) atoms. The zero-order chi connectivity index (χ0) is 15.1. The lowest BCUT2D eigenvalue weighted by atomic mass is 9.82. The Labute approximate surface area is 130 Å². The summed E-state index contributed by atoms with van der Waals surface area (Å²) in [6.07, 6.45) is 2.34. The summed E-state index contributed by atoms with van der Waals surface area (Å²) in [5, 5.41) is 12.7. The Morgan fingerprint density at radius 2 is 1.81 bits per heavy atom. The summed E-state index contributed by atoms with van der Waals surface area (Å²) in [6, 6.07) is 4.67. The van der Waals surface area contributed by atoms with Crippen molar-refractivity contribution in [2.24, 2.45) is 11.8 Å². The van der Waals surface area contributed by atoms with Gasteiger partial charge in [0.15, 0.2) is 0 Å². The van der Waals surface area contributed by atoms with E-state index in [0.29, 0.717) is 15.7 Å². The third kappa shape index (κ3) is 2.52. The number of fused-ring (bicyclic) bond motifs is 2. The smallest absolute Gasteiger partial charge is 0.310 e. The van der Waals surface area contributed by atoms with Crippen LogP contribution in [0.1, 0.15) is 0 Å². The zero-order valence-electron chi connectivity index (χ0n) is 10.6. The van der Waals surface area contributed by atoms with Crippen LogP contribution in [-0.4, -0.2) is 29.2 Å². The normalized spacial score (nSPS) is 29.6. The molecule has 110 valence electrons. The van der Waals surface area contributed by atoms with Crippen molar-refractivity contribution in [1.82, 2.24) is 0 Å². The summed E-state index contributed by atoms with van der Waals surface area (Å²) in [4.78, 5) is 23.7. The van der Waals surface area contributed by atoms with Crippen LogP contribution in [-0.2, 0) is 14.3 Å². The van der Waals surface area contributed by atoms with Gasteiger partial charge in [-0.05, 0) is 18.2 Å². The van der Waals surface area contributed by atoms with Crippen molar-refractivity contribution in [2.75, 3.05) is 5.32 Å². The van der Waals surface area contributed by atoms with Crippen LogP contribution in [0.3, 0.4) is 0 Å². The van der Waals surface area contributed by atoms with Crippen LogP contribution < -0.4 is 5.32 Å². The molecule has 5 nitrogen and oxygen atoms in total. The Kier molecular flexibility index (Phi) is 3.65. The van der Waals surface area contributed by atoms with E-state index in [1.807, 2.05) is 0 Å². The third-order valence-corrected chi connectivity index (χ3v) is 4.22. The number of hydrogen-bond donors (Lipinski definition) is 2. The minimum atomic E-state index is -1.05. The summed E-state index contributed by atoms with van der Waals surface area (Å²) in [5.41, 5.74) is 0.391. The molecule has 0 spiro atoms. The number of carboxylic acid groups (broad SMARTS) is 1. The highest BCUT2D eigenvalue weighted by atomic mass is 35.5. The van der Waals surface area contributed by atoms with E-state index in [4.69, 9.17) is 27.9 Å². The number of rotatable bonds is 3. The molecule has 0 radical (unpaired) electrons. The average molecular weight is 328 g/mol. The van der Waals surface area contributed by atoms with E-state index in [-0.39, 0.29) is 0 Å². The molecule has 0 unspecified atom stereocenters. The van der Waals surface area contributed by atoms with Crippen LogP contribution in [0.15, 0.2) is 30.4 Å². The maximum atomic E-state index is 12.4. The number of anilines is 1. The van der Waals surface area contributed by atoms with E-state index < -0.39 is 35.9 Å². The molecule has 1 saturated heterocycles. The van der Waals surface area contributed by atoms with Gasteiger partial charge in [0.25, 0.3) is 0 Å². The first-order valence-corrected chi connectivity index (χ1v) is 7.05. The second-order valence-corrected chi connectivity index (χ2v) is 5.80. The molecule has 1 amide bonds. The van der Waals surface area contributed by atoms with Crippen LogP contribution in [0.2, 0.25) is 10.0 Å². The van der Waals surface area contributed by atoms with Crippen molar-refractivity contribution in [3.8, 4) is 0 Å². The van der Waals surface area contributed by atoms with Crippen molar-refractivity contribution >= 4 is 40.8 Å². The lowest BCUT2D eigenvalue weighted by Gasteiger charge is -2.21. The molecule has 1 aromatic carbocycles. The number of hydrogen-bond acceptors (Lipinski definition) is 3. The van der Waals surface area contributed by atoms with Crippen molar-refractivity contribution in [3.63, 3.8) is 0 Å². The van der Waals surface area contributed by atoms with Gasteiger partial charge >= 0.3 is 5.97 Å². The standard InChI is InChI=1S/C14H11Cl2NO4/c15-6-1-2-8(7(16)5-6)17-13(18)11-9-3-4-10(21-9)12(11)14(19)20/h1-5,9-12H,(H,17,18)(H,19,20)/t9-,10-,11-,12-/m0/s1. The van der Waals surface area contributed by atoms with Crippen molar-refractivity contribution < 1.29 is 19.4 Å². The van der Waals surface area contributed by atoms with E-state index in [1.165, 1.54) is 6.07 Å². The van der Waals surface area contributed by atoms with E-state index in [2.05, 4.69) is 5.32 Å². The van der Waals surface area contributed by atoms with Crippen molar-refractivity contribution in [2.45, 2.75) is 12.2 Å². The Balaban J connectivity index is 1.82. The number of benzene rings is 1. The maximum Gasteiger partial charge on any atom is 0.310 e. The number of carboxylic acids is 1. The molecule has 0 aromatic heterocycles. The van der Waals surface area contributed by atoms with Crippen molar-refractivity contribution in [3.05, 3.63) is 40.4 Å². The average Bonchev–Trinajstić information content (AvgIpc) is 3.02. The van der Waals surface area contributed by atoms with Crippen molar-refractivity contribution in [1.29, 1.82) is 0 Å². The summed E-state index contributed by atoms with van der Waals surface area (Å²) in [5.74, 6) is -3.13. The van der Waals surface area contributed by atoms with E-state index in [0.717, 1.165) is 0 Å². The first kappa shape index (κ1) is 14.4. The summed E-state index contributed by atoms with van der Waals surface area (Å²) in [6.45, 7) is 0. The second-order valence-electron chi connectivity index (χ2n) is 4.95. The highest BCUT2D eigenvalue weighted by Crippen LogP contribution is 2.40. The molecule has 7 heteroatoms. The largest absolute Gasteiger partial charge is 0.481 e. The fourth-order valence-corrected chi connectivity index (χ4v) is 3.18. The van der Waals surface area contributed by atoms with Crippen LogP contribution in [0.5, 0.6) is 0 Å². The molecule has 2 aliphatic heterocycles. The minimum Gasteiger partial charge on any atom is -0.481 e. The van der Waals surface area contributed by atoms with Gasteiger partial charge in [0, 0.05) is 5.02 Å². The van der Waals surface area contributed by atoms with Gasteiger partial charge in [-0.2, -0.15) is 0 Å². The quantitative estimate of drug-likeness (QED) is 0.836. The molecule has 2 heterocycles. The third-order valence-electron chi connectivity index (χ3n) is 3.68. The van der Waals surface area contributed by atoms with E-state index in [9.17, 15) is 14.7 Å². The molecular weight excluding hydrogens is 317 g/mol. The molecule has 1 aromatic rings. The highest BCUT2D eigenvalue weighted by molar-refractivity contribution is 6.36. The van der Waals surface area contributed by atoms with E-state index in [1.54, 1.807) is 24.3 Å². The number of aliphatic carboxylic acids is 1. The molecule has 2 aliphatic rings. The number of halogens is 2. The maximum absolute atomic E-state index is 12.4. The van der Waals surface area contributed by atoms with Crippen LogP contribution in [0.4, 0.5) is 5.69 Å². The van der Waals surface area contributed by atoms with Gasteiger partial charge in [-0.25, -0.2) is 0 Å². The fourth-order valence-electron chi connectivity index (χ4n) is 2.72. The number of ether oxygens (including phenoxy) is 1. The minimum absolute atomic E-state index is 0.294. The highest BCUT2D eigenvalue weighted by Gasteiger charge is 2.53. The van der Waals surface area contributed by atoms with Gasteiger partial charge < -0.3 is 15.2 Å². The molecule has 0 aliphatic carbocycles. The Bertz CT molecular complexity index is 646. The van der Waals surface area contributed by atoms with Gasteiger partial charge in [-0.3, -0.25) is 9.59 Å². The number of carbonyl (C=O) groups excluding carboxylic acids is 1. The van der Waals surface area contributed by atoms with Gasteiger partial charge in [0.1, 0.15) is 5.92 Å². The Hall–Kier alpha value is -1.56. The second kappa shape index (κ2) is 5.33. The van der Waals surface area contributed by atoms with Gasteiger partial charge in [-0.15, -0.1) is 0 Å². The topological polar surface area (TPSA) is 75.6 Å². The molecule has 2 bridgehead atoms. The predicted octanol–water partition coefficient (Wildman–Crippen LogP) is 2.59. The van der Waals surface area contributed by atoms with Crippen LogP contribution in [0, 0.1) is 11.8 Å². The summed E-state index contributed by atoms with van der Waals surface area (Å²) < 4.78 is 5.46. The molecular formula is C14H11Cl2NO4. The summed E-state index contributed by atoms with van der Waals surface area (Å²) >= 11 is 11.8. The molecule has 4 atom stereocenters. The predicted molar refractivity (Wildman–Crippen MR) is 77.5 cm³/mol. The summed E-state index contributed by atoms with van der Waals surface area (Å²) in [7, 11) is 0. The monoisotopic (exact) mass is 327 g/mol. The van der Waals surface area contributed by atoms with E-state index >= 15 is 0 Å². The lowest BCUT2D eigenvalue weighted by Crippen LogP contribution is -2.39. The van der Waals surface area contributed by atoms with Crippen LogP contribution >= 0.6 is 23.2 Å². The zero-order valence-corrected chi connectivity index (χ0v) is 12.1. The van der Waals surface area contributed by atoms with Gasteiger partial charge in [0.05, 0.1) is 28.8 Å². The molecule has 1 fully saturated rings. The first-order chi connectivity index (χ1) is 9.97. The molecule has 2 N–H and O–H groups in total. The Morgan fingerprint density at radius 1 is 1.14 bits per heavy atom. The molecule has 0 saturated carbocycles. The number of carbonyl (C=O) groups is 2.